The predicted molar refractivity (Wildman–Crippen MR) is 57.8 cm³/mol. The number of unbranched alkanes of at least 4 members (excludes halogenated alkanes) is 1. The van der Waals surface area contributed by atoms with Gasteiger partial charge in [-0.15, -0.1) is 11.8 Å². The highest BCUT2D eigenvalue weighted by molar-refractivity contribution is 7.97. The summed E-state index contributed by atoms with van der Waals surface area (Å²) in [4.78, 5) is 0. The van der Waals surface area contributed by atoms with E-state index in [-0.39, 0.29) is 0 Å². The molecule has 0 atom stereocenters. The smallest absolute Gasteiger partial charge is 0.234 e. The lowest BCUT2D eigenvalue weighted by Crippen LogP contribution is -2.33. The van der Waals surface area contributed by atoms with Gasteiger partial charge in [0.15, 0.2) is 0 Å². The summed E-state index contributed by atoms with van der Waals surface area (Å²) >= 11 is 1.86. The standard InChI is InChI=1S/C10H19N2S/c1-4-5-6-11-7-8-12(9-13-3)10(11)2/h7-8H,4-6,9H2,1-3H3/q+1. The molecule has 3 heteroatoms. The fourth-order valence-electron chi connectivity index (χ4n) is 1.38. The minimum absolute atomic E-state index is 1.06. The summed E-state index contributed by atoms with van der Waals surface area (Å²) < 4.78 is 4.63. The molecule has 2 nitrogen and oxygen atoms in total. The molecule has 0 radical (unpaired) electrons. The van der Waals surface area contributed by atoms with Gasteiger partial charge >= 0.3 is 0 Å². The monoisotopic (exact) mass is 199 g/mol. The van der Waals surface area contributed by atoms with Crippen molar-refractivity contribution in [1.82, 2.24) is 4.57 Å². The average molecular weight is 199 g/mol. The second kappa shape index (κ2) is 5.32. The highest BCUT2D eigenvalue weighted by atomic mass is 32.2. The van der Waals surface area contributed by atoms with Gasteiger partial charge in [-0.1, -0.05) is 13.3 Å². The molecule has 74 valence electrons. The second-order valence-corrected chi connectivity index (χ2v) is 4.12. The van der Waals surface area contributed by atoms with E-state index < -0.39 is 0 Å². The van der Waals surface area contributed by atoms with Crippen LogP contribution in [0.3, 0.4) is 0 Å². The van der Waals surface area contributed by atoms with Gasteiger partial charge in [-0.3, -0.25) is 0 Å². The maximum atomic E-state index is 2.33. The molecule has 1 aromatic rings. The molecule has 13 heavy (non-hydrogen) atoms. The third kappa shape index (κ3) is 2.76. The lowest BCUT2D eigenvalue weighted by Gasteiger charge is -1.98. The van der Waals surface area contributed by atoms with Gasteiger partial charge in [0.2, 0.25) is 0 Å². The molecule has 0 aliphatic carbocycles. The summed E-state index contributed by atoms with van der Waals surface area (Å²) in [5.74, 6) is 2.42. The molecule has 0 spiro atoms. The zero-order valence-corrected chi connectivity index (χ0v) is 9.60. The SMILES string of the molecule is CCCCn1cc[n+](CSC)c1C. The summed E-state index contributed by atoms with van der Waals surface area (Å²) in [6.45, 7) is 5.57. The van der Waals surface area contributed by atoms with Crippen LogP contribution in [0, 0.1) is 6.92 Å². The summed E-state index contributed by atoms with van der Waals surface area (Å²) in [6, 6.07) is 0. The summed E-state index contributed by atoms with van der Waals surface area (Å²) in [5, 5.41) is 0. The summed E-state index contributed by atoms with van der Waals surface area (Å²) in [7, 11) is 0. The average Bonchev–Trinajstić information content (AvgIpc) is 2.46. The highest BCUT2D eigenvalue weighted by Crippen LogP contribution is 2.00. The number of rotatable bonds is 5. The van der Waals surface area contributed by atoms with Crippen LogP contribution in [0.4, 0.5) is 0 Å². The van der Waals surface area contributed by atoms with Crippen LogP contribution in [0.15, 0.2) is 12.4 Å². The highest BCUT2D eigenvalue weighted by Gasteiger charge is 2.09. The lowest BCUT2D eigenvalue weighted by molar-refractivity contribution is -0.681. The van der Waals surface area contributed by atoms with Gasteiger partial charge in [-0.25, -0.2) is 9.13 Å². The Hall–Kier alpha value is -0.440. The third-order valence-electron chi connectivity index (χ3n) is 2.28. The van der Waals surface area contributed by atoms with Crippen LogP contribution < -0.4 is 4.57 Å². The topological polar surface area (TPSA) is 8.81 Å². The Morgan fingerprint density at radius 3 is 2.92 bits per heavy atom. The van der Waals surface area contributed by atoms with E-state index in [0.29, 0.717) is 0 Å². The maximum Gasteiger partial charge on any atom is 0.253 e. The Kier molecular flexibility index (Phi) is 4.36. The molecule has 0 saturated heterocycles. The Balaban J connectivity index is 2.62. The van der Waals surface area contributed by atoms with E-state index >= 15 is 0 Å². The normalized spacial score (nSPS) is 10.7. The van der Waals surface area contributed by atoms with Crippen molar-refractivity contribution in [3.63, 3.8) is 0 Å². The number of aryl methyl sites for hydroxylation is 1. The van der Waals surface area contributed by atoms with Crippen LogP contribution in [0.25, 0.3) is 0 Å². The van der Waals surface area contributed by atoms with E-state index in [0.717, 1.165) is 12.4 Å². The number of thioether (sulfide) groups is 1. The Morgan fingerprint density at radius 2 is 2.31 bits per heavy atom. The molecule has 0 aromatic carbocycles. The molecule has 0 amide bonds. The quantitative estimate of drug-likeness (QED) is 0.660. The molecule has 0 bridgehead atoms. The number of aromatic nitrogens is 2. The number of hydrogen-bond acceptors (Lipinski definition) is 1. The first-order valence-corrected chi connectivity index (χ1v) is 6.23. The molecule has 0 N–H and O–H groups in total. The second-order valence-electron chi connectivity index (χ2n) is 3.28. The Morgan fingerprint density at radius 1 is 1.54 bits per heavy atom. The van der Waals surface area contributed by atoms with Crippen molar-refractivity contribution < 1.29 is 4.57 Å². The van der Waals surface area contributed by atoms with Crippen molar-refractivity contribution >= 4 is 11.8 Å². The predicted octanol–water partition coefficient (Wildman–Crippen LogP) is 2.20. The van der Waals surface area contributed by atoms with Crippen molar-refractivity contribution in [3.8, 4) is 0 Å². The van der Waals surface area contributed by atoms with Gasteiger partial charge in [-0.05, 0) is 12.7 Å². The van der Waals surface area contributed by atoms with Crippen LogP contribution in [0.2, 0.25) is 0 Å². The molecule has 0 aliphatic rings. The first kappa shape index (κ1) is 10.6. The van der Waals surface area contributed by atoms with E-state index in [1.54, 1.807) is 0 Å². The molecule has 0 fully saturated rings. The Labute approximate surface area is 85.0 Å². The van der Waals surface area contributed by atoms with Gasteiger partial charge in [0.05, 0.1) is 6.54 Å². The maximum absolute atomic E-state index is 2.33. The van der Waals surface area contributed by atoms with Crippen LogP contribution in [-0.2, 0) is 12.4 Å². The molecule has 0 aliphatic heterocycles. The van der Waals surface area contributed by atoms with Gasteiger partial charge in [0.25, 0.3) is 5.82 Å². The Bertz CT molecular complexity index is 255. The van der Waals surface area contributed by atoms with Crippen molar-refractivity contribution in [1.29, 1.82) is 0 Å². The first-order valence-electron chi connectivity index (χ1n) is 4.83. The third-order valence-corrected chi connectivity index (χ3v) is 2.81. The molecule has 0 saturated carbocycles. The van der Waals surface area contributed by atoms with Crippen LogP contribution in [-0.4, -0.2) is 10.8 Å². The van der Waals surface area contributed by atoms with Gasteiger partial charge in [0, 0.05) is 6.92 Å². The zero-order valence-electron chi connectivity index (χ0n) is 8.79. The molecule has 1 rings (SSSR count). The lowest BCUT2D eigenvalue weighted by atomic mass is 10.3. The van der Waals surface area contributed by atoms with E-state index in [4.69, 9.17) is 0 Å². The van der Waals surface area contributed by atoms with E-state index in [9.17, 15) is 0 Å². The number of imidazole rings is 1. The van der Waals surface area contributed by atoms with Gasteiger partial charge in [0.1, 0.15) is 18.3 Å². The minimum Gasteiger partial charge on any atom is -0.234 e. The molecular weight excluding hydrogens is 180 g/mol. The summed E-state index contributed by atoms with van der Waals surface area (Å²) in [5.41, 5.74) is 0. The van der Waals surface area contributed by atoms with Crippen LogP contribution in [0.5, 0.6) is 0 Å². The molecule has 1 aromatic heterocycles. The fraction of sp³-hybridized carbons (Fsp3) is 0.700. The molecule has 0 unspecified atom stereocenters. The van der Waals surface area contributed by atoms with E-state index in [1.165, 1.54) is 18.7 Å². The number of hydrogen-bond donors (Lipinski definition) is 0. The van der Waals surface area contributed by atoms with Gasteiger partial charge in [-0.2, -0.15) is 0 Å². The van der Waals surface area contributed by atoms with E-state index in [2.05, 4.69) is 41.6 Å². The van der Waals surface area contributed by atoms with Crippen LogP contribution >= 0.6 is 11.8 Å². The van der Waals surface area contributed by atoms with Crippen molar-refractivity contribution in [2.45, 2.75) is 39.1 Å². The molecule has 1 heterocycles. The van der Waals surface area contributed by atoms with Crippen molar-refractivity contribution in [3.05, 3.63) is 18.2 Å². The first-order chi connectivity index (χ1) is 6.29. The van der Waals surface area contributed by atoms with Crippen LogP contribution in [0.1, 0.15) is 25.6 Å². The summed E-state index contributed by atoms with van der Waals surface area (Å²) in [6.07, 6.45) is 9.02. The van der Waals surface area contributed by atoms with E-state index in [1.807, 2.05) is 11.8 Å². The molecular formula is C10H19N2S+. The van der Waals surface area contributed by atoms with Crippen molar-refractivity contribution in [2.75, 3.05) is 6.26 Å². The minimum atomic E-state index is 1.06. The van der Waals surface area contributed by atoms with Crippen molar-refractivity contribution in [2.24, 2.45) is 0 Å². The largest absolute Gasteiger partial charge is 0.253 e. The van der Waals surface area contributed by atoms with Gasteiger partial charge < -0.3 is 0 Å². The zero-order chi connectivity index (χ0) is 9.68. The number of nitrogens with zero attached hydrogens (tertiary/aromatic N) is 2. The fourth-order valence-corrected chi connectivity index (χ4v) is 1.93.